The number of piperidine rings is 1. The maximum Gasteiger partial charge on any atom is 0.418 e. The summed E-state index contributed by atoms with van der Waals surface area (Å²) in [6.45, 7) is 7.82. The highest BCUT2D eigenvalue weighted by Crippen LogP contribution is 2.38. The number of halogens is 3. The second kappa shape index (κ2) is 14.0. The summed E-state index contributed by atoms with van der Waals surface area (Å²) in [5, 5.41) is 15.8. The van der Waals surface area contributed by atoms with Crippen LogP contribution >= 0.6 is 0 Å². The summed E-state index contributed by atoms with van der Waals surface area (Å²) < 4.78 is 80.4. The van der Waals surface area contributed by atoms with Crippen molar-refractivity contribution in [2.24, 2.45) is 5.92 Å². The number of hydrogen-bond donors (Lipinski definition) is 3. The molecule has 1 aliphatic rings. The predicted octanol–water partition coefficient (Wildman–Crippen LogP) is 5.28. The average molecular weight is 694 g/mol. The van der Waals surface area contributed by atoms with Crippen molar-refractivity contribution in [3.05, 3.63) is 53.3 Å². The summed E-state index contributed by atoms with van der Waals surface area (Å²) >= 11 is 0. The number of benzene rings is 2. The first-order chi connectivity index (χ1) is 22.3. The second-order valence-electron chi connectivity index (χ2n) is 12.6. The molecule has 1 aromatic heterocycles. The summed E-state index contributed by atoms with van der Waals surface area (Å²) in [7, 11) is -2.09. The SMILES string of the molecule is COc1cc(S(C)(=O)=O)ccc1NCC#Cc1cc(C(=O)N[C@H]2CCN(C(=O)OC(C)(C)C)C[C@@H]2C)c2occ(C(O)C(F)(F)F)c2c1. The lowest BCUT2D eigenvalue weighted by Crippen LogP contribution is -2.52. The normalized spacial score (nSPS) is 17.7. The van der Waals surface area contributed by atoms with Crippen molar-refractivity contribution in [1.82, 2.24) is 10.2 Å². The van der Waals surface area contributed by atoms with Gasteiger partial charge in [-0.3, -0.25) is 4.79 Å². The van der Waals surface area contributed by atoms with E-state index in [1.165, 1.54) is 37.4 Å². The molecule has 260 valence electrons. The highest BCUT2D eigenvalue weighted by atomic mass is 32.2. The zero-order chi connectivity index (χ0) is 35.6. The molecule has 1 saturated heterocycles. The summed E-state index contributed by atoms with van der Waals surface area (Å²) in [5.41, 5.74) is -0.830. The van der Waals surface area contributed by atoms with Crippen LogP contribution in [0.15, 0.2) is 45.9 Å². The molecule has 1 aliphatic heterocycles. The number of fused-ring (bicyclic) bond motifs is 1. The molecule has 1 fully saturated rings. The van der Waals surface area contributed by atoms with Gasteiger partial charge in [-0.05, 0) is 57.4 Å². The van der Waals surface area contributed by atoms with E-state index in [4.69, 9.17) is 13.9 Å². The fraction of sp³-hybridized carbons (Fsp3) is 0.455. The molecule has 0 bridgehead atoms. The smallest absolute Gasteiger partial charge is 0.418 e. The molecule has 0 radical (unpaired) electrons. The molecule has 15 heteroatoms. The quantitative estimate of drug-likeness (QED) is 0.281. The maximum atomic E-state index is 13.6. The number of alkyl halides is 3. The fourth-order valence-corrected chi connectivity index (χ4v) is 5.85. The number of nitrogens with zero attached hydrogens (tertiary/aromatic N) is 1. The van der Waals surface area contributed by atoms with Crippen LogP contribution in [0.4, 0.5) is 23.7 Å². The minimum atomic E-state index is -4.99. The van der Waals surface area contributed by atoms with E-state index in [1.807, 2.05) is 6.92 Å². The number of carbonyl (C=O) groups is 2. The Labute approximate surface area is 276 Å². The molecule has 2 amide bonds. The van der Waals surface area contributed by atoms with Crippen LogP contribution in [0.1, 0.15) is 61.7 Å². The van der Waals surface area contributed by atoms with Crippen molar-refractivity contribution in [2.75, 3.05) is 38.3 Å². The predicted molar refractivity (Wildman–Crippen MR) is 172 cm³/mol. The first-order valence-corrected chi connectivity index (χ1v) is 16.9. The van der Waals surface area contributed by atoms with Crippen molar-refractivity contribution in [3.63, 3.8) is 0 Å². The molecule has 11 nitrogen and oxygen atoms in total. The Balaban J connectivity index is 1.59. The van der Waals surface area contributed by atoms with E-state index in [0.717, 1.165) is 12.5 Å². The van der Waals surface area contributed by atoms with Gasteiger partial charge in [0.1, 0.15) is 16.9 Å². The Morgan fingerprint density at radius 1 is 1.19 bits per heavy atom. The molecule has 3 atom stereocenters. The molecular weight excluding hydrogens is 655 g/mol. The Bertz CT molecular complexity index is 1860. The number of methoxy groups -OCH3 is 1. The van der Waals surface area contributed by atoms with Crippen LogP contribution in [0.3, 0.4) is 0 Å². The largest absolute Gasteiger partial charge is 0.495 e. The van der Waals surface area contributed by atoms with Gasteiger partial charge in [0.2, 0.25) is 0 Å². The molecule has 3 N–H and O–H groups in total. The topological polar surface area (TPSA) is 147 Å². The standard InChI is InChI=1S/C33H38F3N3O8S/c1-19-17-39(31(42)47-32(2,3)4)13-11-25(19)38-30(41)23-15-20(14-22-24(18-46-28(22)23)29(40)33(34,35)36)8-7-12-37-26-10-9-21(48(6,43)44)16-27(26)45-5/h9-10,14-16,18-19,25,29,37,40H,11-13,17H2,1-6H3,(H,38,41)/t19-,25-,29?/m0/s1. The highest BCUT2D eigenvalue weighted by molar-refractivity contribution is 7.90. The summed E-state index contributed by atoms with van der Waals surface area (Å²) in [4.78, 5) is 27.8. The molecule has 2 aromatic carbocycles. The average Bonchev–Trinajstić information content (AvgIpc) is 3.41. The van der Waals surface area contributed by atoms with Crippen LogP contribution in [-0.4, -0.2) is 81.2 Å². The van der Waals surface area contributed by atoms with Crippen molar-refractivity contribution in [2.45, 2.75) is 62.9 Å². The maximum absolute atomic E-state index is 13.6. The van der Waals surface area contributed by atoms with Crippen LogP contribution in [0, 0.1) is 17.8 Å². The first kappa shape index (κ1) is 36.4. The number of carbonyl (C=O) groups excluding carboxylic acids is 2. The second-order valence-corrected chi connectivity index (χ2v) is 14.6. The van der Waals surface area contributed by atoms with Crippen LogP contribution < -0.4 is 15.4 Å². The van der Waals surface area contributed by atoms with E-state index in [0.29, 0.717) is 25.2 Å². The van der Waals surface area contributed by atoms with E-state index in [2.05, 4.69) is 22.5 Å². The molecule has 2 heterocycles. The van der Waals surface area contributed by atoms with Gasteiger partial charge < -0.3 is 34.5 Å². The van der Waals surface area contributed by atoms with Gasteiger partial charge in [-0.1, -0.05) is 18.8 Å². The van der Waals surface area contributed by atoms with E-state index < -0.39 is 45.3 Å². The molecular formula is C33H38F3N3O8S. The van der Waals surface area contributed by atoms with Gasteiger partial charge in [0.25, 0.3) is 5.91 Å². The Morgan fingerprint density at radius 2 is 1.90 bits per heavy atom. The monoisotopic (exact) mass is 693 g/mol. The summed E-state index contributed by atoms with van der Waals surface area (Å²) in [5.74, 6) is 5.12. The number of rotatable bonds is 7. The lowest BCUT2D eigenvalue weighted by atomic mass is 9.93. The minimum Gasteiger partial charge on any atom is -0.495 e. The lowest BCUT2D eigenvalue weighted by molar-refractivity contribution is -0.206. The van der Waals surface area contributed by atoms with Crippen LogP contribution in [0.5, 0.6) is 5.75 Å². The van der Waals surface area contributed by atoms with Gasteiger partial charge in [-0.2, -0.15) is 13.2 Å². The minimum absolute atomic E-state index is 0.0192. The number of nitrogens with one attached hydrogen (secondary N) is 2. The zero-order valence-corrected chi connectivity index (χ0v) is 28.1. The summed E-state index contributed by atoms with van der Waals surface area (Å²) in [6.07, 6.45) is -6.07. The van der Waals surface area contributed by atoms with Gasteiger partial charge in [-0.25, -0.2) is 13.2 Å². The van der Waals surface area contributed by atoms with E-state index in [9.17, 15) is 36.3 Å². The van der Waals surface area contributed by atoms with E-state index >= 15 is 0 Å². The number of furan rings is 1. The van der Waals surface area contributed by atoms with Gasteiger partial charge in [-0.15, -0.1) is 0 Å². The van der Waals surface area contributed by atoms with Crippen LogP contribution in [0.25, 0.3) is 11.0 Å². The van der Waals surface area contributed by atoms with Gasteiger partial charge in [0, 0.05) is 48.0 Å². The number of likely N-dealkylation sites (tertiary alicyclic amines) is 1. The Kier molecular flexibility index (Phi) is 10.6. The highest BCUT2D eigenvalue weighted by Gasteiger charge is 2.41. The molecule has 0 aliphatic carbocycles. The number of aliphatic hydroxyl groups is 1. The zero-order valence-electron chi connectivity index (χ0n) is 27.3. The number of anilines is 1. The molecule has 3 aromatic rings. The van der Waals surface area contributed by atoms with Gasteiger partial charge >= 0.3 is 12.3 Å². The number of hydrogen-bond acceptors (Lipinski definition) is 9. The first-order valence-electron chi connectivity index (χ1n) is 15.0. The number of amides is 2. The Morgan fingerprint density at radius 3 is 2.50 bits per heavy atom. The van der Waals surface area contributed by atoms with Crippen molar-refractivity contribution >= 4 is 38.5 Å². The van der Waals surface area contributed by atoms with E-state index in [-0.39, 0.29) is 51.2 Å². The lowest BCUT2D eigenvalue weighted by Gasteiger charge is -2.37. The van der Waals surface area contributed by atoms with Gasteiger partial charge in [0.05, 0.1) is 36.1 Å². The fourth-order valence-electron chi connectivity index (χ4n) is 5.22. The third kappa shape index (κ3) is 8.73. The van der Waals surface area contributed by atoms with Crippen molar-refractivity contribution in [3.8, 4) is 17.6 Å². The molecule has 48 heavy (non-hydrogen) atoms. The summed E-state index contributed by atoms with van der Waals surface area (Å²) in [6, 6.07) is 6.60. The number of sulfone groups is 1. The molecule has 0 spiro atoms. The van der Waals surface area contributed by atoms with Crippen molar-refractivity contribution < 1.29 is 50.2 Å². The number of aliphatic hydroxyl groups excluding tert-OH is 1. The third-order valence-corrected chi connectivity index (χ3v) is 8.74. The van der Waals surface area contributed by atoms with Crippen molar-refractivity contribution in [1.29, 1.82) is 0 Å². The van der Waals surface area contributed by atoms with Crippen LogP contribution in [-0.2, 0) is 14.6 Å². The Hall–Kier alpha value is -4.42. The molecule has 1 unspecified atom stereocenters. The number of ether oxygens (including phenoxy) is 2. The molecule has 4 rings (SSSR count). The van der Waals surface area contributed by atoms with Gasteiger partial charge in [0.15, 0.2) is 15.9 Å². The third-order valence-electron chi connectivity index (χ3n) is 7.63. The molecule has 0 saturated carbocycles. The van der Waals surface area contributed by atoms with E-state index in [1.54, 1.807) is 25.7 Å². The van der Waals surface area contributed by atoms with Crippen LogP contribution in [0.2, 0.25) is 0 Å².